The first-order valence-corrected chi connectivity index (χ1v) is 8.54. The number of hydrogen-bond acceptors (Lipinski definition) is 1. The maximum Gasteiger partial charge on any atom is 0.123 e. The van der Waals surface area contributed by atoms with E-state index in [-0.39, 0.29) is 5.82 Å². The van der Waals surface area contributed by atoms with Gasteiger partial charge in [-0.05, 0) is 42.4 Å². The van der Waals surface area contributed by atoms with Gasteiger partial charge in [-0.25, -0.2) is 4.39 Å². The highest BCUT2D eigenvalue weighted by Gasteiger charge is 2.33. The van der Waals surface area contributed by atoms with Crippen LogP contribution < -0.4 is 5.32 Å². The molecule has 0 radical (unpaired) electrons. The van der Waals surface area contributed by atoms with Gasteiger partial charge in [-0.1, -0.05) is 58.6 Å². The van der Waals surface area contributed by atoms with Gasteiger partial charge < -0.3 is 5.32 Å². The van der Waals surface area contributed by atoms with Gasteiger partial charge in [0.15, 0.2) is 0 Å². The van der Waals surface area contributed by atoms with E-state index < -0.39 is 0 Å². The fourth-order valence-electron chi connectivity index (χ4n) is 3.50. The minimum absolute atomic E-state index is 0.147. The molecule has 2 heteroatoms. The Morgan fingerprint density at radius 2 is 1.95 bits per heavy atom. The molecule has 1 fully saturated rings. The Labute approximate surface area is 129 Å². The van der Waals surface area contributed by atoms with Crippen molar-refractivity contribution in [2.24, 2.45) is 5.41 Å². The van der Waals surface area contributed by atoms with Crippen LogP contribution in [0.5, 0.6) is 0 Å². The second kappa shape index (κ2) is 7.40. The Hall–Kier alpha value is -0.890. The van der Waals surface area contributed by atoms with Gasteiger partial charge in [0.2, 0.25) is 0 Å². The molecular weight excluding hydrogens is 261 g/mol. The fourth-order valence-corrected chi connectivity index (χ4v) is 3.50. The van der Waals surface area contributed by atoms with Gasteiger partial charge in [0.05, 0.1) is 0 Å². The molecular formula is C19H30FN. The molecule has 0 saturated heterocycles. The summed E-state index contributed by atoms with van der Waals surface area (Å²) < 4.78 is 13.2. The summed E-state index contributed by atoms with van der Waals surface area (Å²) in [6, 6.07) is 7.98. The Bertz CT molecular complexity index is 424. The summed E-state index contributed by atoms with van der Waals surface area (Å²) in [7, 11) is 0. The number of hydrogen-bond donors (Lipinski definition) is 1. The monoisotopic (exact) mass is 291 g/mol. The van der Waals surface area contributed by atoms with Crippen molar-refractivity contribution in [3.05, 3.63) is 35.6 Å². The molecule has 2 unspecified atom stereocenters. The standard InChI is InChI=1S/C19H30FN/c1-4-5-8-17(15-10-12-16(20)13-11-15)21-18-9-6-7-14-19(18,2)3/h10-13,17-18,21H,4-9,14H2,1-3H3. The van der Waals surface area contributed by atoms with Crippen molar-refractivity contribution in [3.8, 4) is 0 Å². The normalized spacial score (nSPS) is 23.0. The summed E-state index contributed by atoms with van der Waals surface area (Å²) in [5.41, 5.74) is 1.59. The van der Waals surface area contributed by atoms with Crippen LogP contribution in [0, 0.1) is 11.2 Å². The van der Waals surface area contributed by atoms with Crippen LogP contribution in [0.3, 0.4) is 0 Å². The summed E-state index contributed by atoms with van der Waals surface area (Å²) in [6.07, 6.45) is 8.78. The van der Waals surface area contributed by atoms with Crippen LogP contribution in [0.2, 0.25) is 0 Å². The fraction of sp³-hybridized carbons (Fsp3) is 0.684. The SMILES string of the molecule is CCCCC(NC1CCCCC1(C)C)c1ccc(F)cc1. The molecule has 1 N–H and O–H groups in total. The number of unbranched alkanes of at least 4 members (excludes halogenated alkanes) is 1. The first-order valence-electron chi connectivity index (χ1n) is 8.54. The average Bonchev–Trinajstić information content (AvgIpc) is 2.46. The Balaban J connectivity index is 2.10. The highest BCUT2D eigenvalue weighted by molar-refractivity contribution is 5.20. The minimum Gasteiger partial charge on any atom is -0.307 e. The molecule has 2 atom stereocenters. The zero-order valence-corrected chi connectivity index (χ0v) is 13.8. The predicted molar refractivity (Wildman–Crippen MR) is 87.8 cm³/mol. The number of nitrogens with one attached hydrogen (secondary N) is 1. The zero-order chi connectivity index (χ0) is 15.3. The lowest BCUT2D eigenvalue weighted by Gasteiger charge is -2.41. The summed E-state index contributed by atoms with van der Waals surface area (Å²) in [4.78, 5) is 0. The van der Waals surface area contributed by atoms with Crippen molar-refractivity contribution in [3.63, 3.8) is 0 Å². The van der Waals surface area contributed by atoms with E-state index in [0.717, 1.165) is 6.42 Å². The summed E-state index contributed by atoms with van der Waals surface area (Å²) in [5, 5.41) is 3.89. The Morgan fingerprint density at radius 1 is 1.24 bits per heavy atom. The van der Waals surface area contributed by atoms with E-state index in [1.54, 1.807) is 12.1 Å². The van der Waals surface area contributed by atoms with Crippen LogP contribution in [0.15, 0.2) is 24.3 Å². The molecule has 1 aromatic carbocycles. The molecule has 118 valence electrons. The molecule has 0 aliphatic heterocycles. The van der Waals surface area contributed by atoms with Crippen LogP contribution in [0.25, 0.3) is 0 Å². The van der Waals surface area contributed by atoms with Gasteiger partial charge in [0.25, 0.3) is 0 Å². The number of halogens is 1. The summed E-state index contributed by atoms with van der Waals surface area (Å²) >= 11 is 0. The summed E-state index contributed by atoms with van der Waals surface area (Å²) in [6.45, 7) is 6.99. The van der Waals surface area contributed by atoms with Gasteiger partial charge in [-0.2, -0.15) is 0 Å². The van der Waals surface area contributed by atoms with Crippen LogP contribution >= 0.6 is 0 Å². The van der Waals surface area contributed by atoms with E-state index in [0.29, 0.717) is 17.5 Å². The van der Waals surface area contributed by atoms with Crippen LogP contribution in [0.1, 0.15) is 77.3 Å². The van der Waals surface area contributed by atoms with Gasteiger partial charge in [0, 0.05) is 12.1 Å². The van der Waals surface area contributed by atoms with Crippen LogP contribution in [-0.2, 0) is 0 Å². The number of rotatable bonds is 6. The van der Waals surface area contributed by atoms with Crippen molar-refractivity contribution in [1.82, 2.24) is 5.32 Å². The largest absolute Gasteiger partial charge is 0.307 e. The lowest BCUT2D eigenvalue weighted by atomic mass is 9.73. The quantitative estimate of drug-likeness (QED) is 0.717. The zero-order valence-electron chi connectivity index (χ0n) is 13.8. The molecule has 0 bridgehead atoms. The molecule has 1 aromatic rings. The highest BCUT2D eigenvalue weighted by atomic mass is 19.1. The van der Waals surface area contributed by atoms with Crippen molar-refractivity contribution >= 4 is 0 Å². The van der Waals surface area contributed by atoms with E-state index in [2.05, 4.69) is 26.1 Å². The van der Waals surface area contributed by atoms with Gasteiger partial charge in [-0.15, -0.1) is 0 Å². The van der Waals surface area contributed by atoms with Crippen LogP contribution in [-0.4, -0.2) is 6.04 Å². The van der Waals surface area contributed by atoms with Crippen molar-refractivity contribution in [1.29, 1.82) is 0 Å². The lowest BCUT2D eigenvalue weighted by Crippen LogP contribution is -2.45. The maximum atomic E-state index is 13.2. The molecule has 0 heterocycles. The topological polar surface area (TPSA) is 12.0 Å². The first kappa shape index (κ1) is 16.5. The van der Waals surface area contributed by atoms with E-state index in [9.17, 15) is 4.39 Å². The average molecular weight is 291 g/mol. The molecule has 2 rings (SSSR count). The minimum atomic E-state index is -0.147. The van der Waals surface area contributed by atoms with Crippen molar-refractivity contribution in [2.45, 2.75) is 77.8 Å². The molecule has 0 spiro atoms. The Morgan fingerprint density at radius 3 is 2.57 bits per heavy atom. The van der Waals surface area contributed by atoms with Gasteiger partial charge in [-0.3, -0.25) is 0 Å². The first-order chi connectivity index (χ1) is 10.0. The predicted octanol–water partition coefficient (Wildman–Crippen LogP) is 5.62. The number of benzene rings is 1. The molecule has 0 amide bonds. The van der Waals surface area contributed by atoms with Gasteiger partial charge >= 0.3 is 0 Å². The highest BCUT2D eigenvalue weighted by Crippen LogP contribution is 2.37. The third-order valence-electron chi connectivity index (χ3n) is 5.03. The molecule has 1 saturated carbocycles. The van der Waals surface area contributed by atoms with E-state index in [1.165, 1.54) is 44.1 Å². The summed E-state index contributed by atoms with van der Waals surface area (Å²) in [5.74, 6) is -0.147. The third-order valence-corrected chi connectivity index (χ3v) is 5.03. The molecule has 1 nitrogen and oxygen atoms in total. The second-order valence-corrected chi connectivity index (χ2v) is 7.20. The van der Waals surface area contributed by atoms with Crippen molar-refractivity contribution in [2.75, 3.05) is 0 Å². The van der Waals surface area contributed by atoms with Crippen LogP contribution in [0.4, 0.5) is 4.39 Å². The third kappa shape index (κ3) is 4.54. The molecule has 21 heavy (non-hydrogen) atoms. The smallest absolute Gasteiger partial charge is 0.123 e. The second-order valence-electron chi connectivity index (χ2n) is 7.20. The molecule has 1 aliphatic carbocycles. The van der Waals surface area contributed by atoms with Crippen molar-refractivity contribution < 1.29 is 4.39 Å². The maximum absolute atomic E-state index is 13.2. The van der Waals surface area contributed by atoms with E-state index in [4.69, 9.17) is 0 Å². The van der Waals surface area contributed by atoms with Gasteiger partial charge in [0.1, 0.15) is 5.82 Å². The molecule has 1 aliphatic rings. The Kier molecular flexibility index (Phi) is 5.80. The lowest BCUT2D eigenvalue weighted by molar-refractivity contribution is 0.153. The van der Waals surface area contributed by atoms with E-state index >= 15 is 0 Å². The van der Waals surface area contributed by atoms with E-state index in [1.807, 2.05) is 12.1 Å². The molecule has 0 aromatic heterocycles.